The van der Waals surface area contributed by atoms with E-state index in [0.29, 0.717) is 58.4 Å². The Hall–Kier alpha value is -3.31. The van der Waals surface area contributed by atoms with E-state index in [2.05, 4.69) is 21.3 Å². The Bertz CT molecular complexity index is 1070. The lowest BCUT2D eigenvalue weighted by Gasteiger charge is -2.28. The zero-order valence-corrected chi connectivity index (χ0v) is 27.3. The predicted molar refractivity (Wildman–Crippen MR) is 170 cm³/mol. The number of nitrogens with zero attached hydrogens (tertiary/aromatic N) is 1. The number of amides is 4. The van der Waals surface area contributed by atoms with Gasteiger partial charge in [-0.3, -0.25) is 28.9 Å². The minimum atomic E-state index is -0.921. The molecule has 4 atom stereocenters. The van der Waals surface area contributed by atoms with Gasteiger partial charge in [-0.15, -0.1) is 0 Å². The zero-order chi connectivity index (χ0) is 32.6. The molecule has 1 heterocycles. The van der Waals surface area contributed by atoms with Crippen molar-refractivity contribution in [2.45, 2.75) is 97.8 Å². The van der Waals surface area contributed by atoms with E-state index in [9.17, 15) is 24.0 Å². The van der Waals surface area contributed by atoms with Gasteiger partial charge in [0.2, 0.25) is 23.6 Å². The summed E-state index contributed by atoms with van der Waals surface area (Å²) in [6, 6.07) is 6.37. The highest BCUT2D eigenvalue weighted by molar-refractivity contribution is 5.95. The molecule has 1 saturated heterocycles. The Kier molecular flexibility index (Phi) is 16.1. The number of benzene rings is 1. The molecule has 0 bridgehead atoms. The highest BCUT2D eigenvalue weighted by atomic mass is 16.5. The van der Waals surface area contributed by atoms with Gasteiger partial charge in [0.05, 0.1) is 25.8 Å². The Balaban J connectivity index is 2.11. The van der Waals surface area contributed by atoms with E-state index in [1.807, 2.05) is 62.9 Å². The molecule has 2 rings (SSSR count). The normalized spacial score (nSPS) is 16.5. The number of rotatable bonds is 18. The topological polar surface area (TPSA) is 146 Å². The molecule has 1 aromatic carbocycles. The van der Waals surface area contributed by atoms with Crippen LogP contribution in [-0.4, -0.2) is 91.3 Å². The van der Waals surface area contributed by atoms with E-state index in [1.165, 1.54) is 0 Å². The minimum absolute atomic E-state index is 0.0615. The maximum Gasteiger partial charge on any atom is 0.243 e. The largest absolute Gasteiger partial charge is 0.379 e. The first-order chi connectivity index (χ1) is 20.9. The minimum Gasteiger partial charge on any atom is -0.379 e. The summed E-state index contributed by atoms with van der Waals surface area (Å²) in [5, 5.41) is 11.2. The summed E-state index contributed by atoms with van der Waals surface area (Å²) in [6.45, 7) is 13.7. The van der Waals surface area contributed by atoms with Crippen LogP contribution in [0, 0.1) is 11.8 Å². The summed E-state index contributed by atoms with van der Waals surface area (Å²) in [4.78, 5) is 67.3. The molecule has 4 N–H and O–H groups in total. The van der Waals surface area contributed by atoms with Gasteiger partial charge in [0.25, 0.3) is 0 Å². The molecule has 1 aliphatic rings. The first-order valence-corrected chi connectivity index (χ1v) is 16.0. The summed E-state index contributed by atoms with van der Waals surface area (Å²) in [6.07, 6.45) is 2.05. The lowest BCUT2D eigenvalue weighted by molar-refractivity contribution is -0.134. The van der Waals surface area contributed by atoms with E-state index >= 15 is 0 Å². The lowest BCUT2D eigenvalue weighted by Crippen LogP contribution is -2.58. The number of hydrogen-bond donors (Lipinski definition) is 4. The van der Waals surface area contributed by atoms with E-state index in [1.54, 1.807) is 13.8 Å². The van der Waals surface area contributed by atoms with Gasteiger partial charge in [0, 0.05) is 19.5 Å². The molecule has 44 heavy (non-hydrogen) atoms. The molecular formula is C33H53N5O6. The number of ketones is 1. The number of carbonyl (C=O) groups is 5. The second kappa shape index (κ2) is 19.2. The van der Waals surface area contributed by atoms with Crippen LogP contribution in [0.15, 0.2) is 30.3 Å². The fraction of sp³-hybridized carbons (Fsp3) is 0.667. The van der Waals surface area contributed by atoms with Crippen LogP contribution in [0.3, 0.4) is 0 Å². The summed E-state index contributed by atoms with van der Waals surface area (Å²) >= 11 is 0. The molecule has 246 valence electrons. The first kappa shape index (κ1) is 36.9. The molecule has 11 nitrogen and oxygen atoms in total. The van der Waals surface area contributed by atoms with Crippen LogP contribution >= 0.6 is 0 Å². The molecule has 4 amide bonds. The van der Waals surface area contributed by atoms with Crippen molar-refractivity contribution in [3.8, 4) is 0 Å². The SMILES string of the molecule is CCC(=O)C(CC(C)C)NC(=O)[C@H](C)NC(=O)C(CC(C)C)NC(=O)C(CCc1ccccc1)NC(=O)CN1CCOCC1. The quantitative estimate of drug-likeness (QED) is 0.198. The number of aryl methyl sites for hydroxylation is 1. The van der Waals surface area contributed by atoms with E-state index in [4.69, 9.17) is 4.74 Å². The van der Waals surface area contributed by atoms with Gasteiger partial charge in [-0.25, -0.2) is 0 Å². The predicted octanol–water partition coefficient (Wildman–Crippen LogP) is 1.98. The molecule has 11 heteroatoms. The molecule has 1 aliphatic heterocycles. The van der Waals surface area contributed by atoms with Crippen LogP contribution in [-0.2, 0) is 35.1 Å². The van der Waals surface area contributed by atoms with Crippen molar-refractivity contribution in [3.63, 3.8) is 0 Å². The summed E-state index contributed by atoms with van der Waals surface area (Å²) in [7, 11) is 0. The number of Topliss-reactive ketones (excluding diaryl/α,β-unsaturated/α-hetero) is 1. The zero-order valence-electron chi connectivity index (χ0n) is 27.3. The fourth-order valence-corrected chi connectivity index (χ4v) is 5.07. The van der Waals surface area contributed by atoms with E-state index in [-0.39, 0.29) is 30.1 Å². The van der Waals surface area contributed by atoms with Crippen LogP contribution in [0.5, 0.6) is 0 Å². The number of morpholine rings is 1. The Morgan fingerprint density at radius 3 is 1.91 bits per heavy atom. The van der Waals surface area contributed by atoms with Crippen LogP contribution in [0.2, 0.25) is 0 Å². The maximum absolute atomic E-state index is 13.6. The molecule has 1 fully saturated rings. The highest BCUT2D eigenvalue weighted by Gasteiger charge is 2.30. The Morgan fingerprint density at radius 2 is 1.32 bits per heavy atom. The number of nitrogens with one attached hydrogen (secondary N) is 4. The van der Waals surface area contributed by atoms with Gasteiger partial charge >= 0.3 is 0 Å². The fourth-order valence-electron chi connectivity index (χ4n) is 5.07. The Morgan fingerprint density at radius 1 is 0.750 bits per heavy atom. The smallest absolute Gasteiger partial charge is 0.243 e. The highest BCUT2D eigenvalue weighted by Crippen LogP contribution is 2.11. The first-order valence-electron chi connectivity index (χ1n) is 16.0. The van der Waals surface area contributed by atoms with Crippen LogP contribution < -0.4 is 21.3 Å². The molecule has 0 spiro atoms. The summed E-state index contributed by atoms with van der Waals surface area (Å²) in [5.74, 6) is -1.49. The van der Waals surface area contributed by atoms with Gasteiger partial charge in [0.15, 0.2) is 5.78 Å². The third-order valence-corrected chi connectivity index (χ3v) is 7.54. The molecule has 1 aromatic rings. The van der Waals surface area contributed by atoms with Crippen molar-refractivity contribution >= 4 is 29.4 Å². The van der Waals surface area contributed by atoms with Crippen molar-refractivity contribution in [1.29, 1.82) is 0 Å². The average molecular weight is 616 g/mol. The van der Waals surface area contributed by atoms with E-state index in [0.717, 1.165) is 5.56 Å². The molecule has 0 aromatic heterocycles. The lowest BCUT2D eigenvalue weighted by atomic mass is 9.98. The summed E-state index contributed by atoms with van der Waals surface area (Å²) < 4.78 is 5.36. The van der Waals surface area contributed by atoms with Crippen LogP contribution in [0.25, 0.3) is 0 Å². The second-order valence-electron chi connectivity index (χ2n) is 12.5. The maximum atomic E-state index is 13.6. The molecule has 0 aliphatic carbocycles. The Labute approximate surface area is 262 Å². The molecule has 3 unspecified atom stereocenters. The van der Waals surface area contributed by atoms with Crippen molar-refractivity contribution in [2.75, 3.05) is 32.8 Å². The standard InChI is InChI=1S/C33H53N5O6/c1-7-29(39)27(19-22(2)3)36-31(41)24(6)34-33(43)28(20-23(4)5)37-32(42)26(14-13-25-11-9-8-10-12-25)35-30(40)21-38-15-17-44-18-16-38/h8-12,22-24,26-28H,7,13-21H2,1-6H3,(H,34,43)(H,35,40)(H,36,41)(H,37,42)/t24-,26?,27?,28?/m0/s1. The van der Waals surface area contributed by atoms with Crippen molar-refractivity contribution in [2.24, 2.45) is 11.8 Å². The third-order valence-electron chi connectivity index (χ3n) is 7.54. The summed E-state index contributed by atoms with van der Waals surface area (Å²) in [5.41, 5.74) is 1.03. The van der Waals surface area contributed by atoms with Gasteiger partial charge in [0.1, 0.15) is 18.1 Å². The molecule has 0 saturated carbocycles. The van der Waals surface area contributed by atoms with Crippen LogP contribution in [0.1, 0.15) is 72.8 Å². The average Bonchev–Trinajstić information content (AvgIpc) is 2.98. The van der Waals surface area contributed by atoms with Crippen LogP contribution in [0.4, 0.5) is 0 Å². The van der Waals surface area contributed by atoms with Crippen molar-refractivity contribution in [1.82, 2.24) is 26.2 Å². The number of hydrogen-bond acceptors (Lipinski definition) is 7. The van der Waals surface area contributed by atoms with E-state index < -0.39 is 41.9 Å². The monoisotopic (exact) mass is 615 g/mol. The third kappa shape index (κ3) is 13.5. The molecule has 0 radical (unpaired) electrons. The van der Waals surface area contributed by atoms with Crippen molar-refractivity contribution < 1.29 is 28.7 Å². The second-order valence-corrected chi connectivity index (χ2v) is 12.5. The number of carbonyl (C=O) groups excluding carboxylic acids is 5. The van der Waals surface area contributed by atoms with Gasteiger partial charge in [-0.05, 0) is 50.0 Å². The van der Waals surface area contributed by atoms with Gasteiger partial charge in [-0.2, -0.15) is 0 Å². The van der Waals surface area contributed by atoms with Gasteiger partial charge in [-0.1, -0.05) is 65.0 Å². The molecular weight excluding hydrogens is 562 g/mol. The van der Waals surface area contributed by atoms with Crippen molar-refractivity contribution in [3.05, 3.63) is 35.9 Å². The number of ether oxygens (including phenoxy) is 1. The van der Waals surface area contributed by atoms with Gasteiger partial charge < -0.3 is 26.0 Å².